The first kappa shape index (κ1) is 18.5. The molecule has 1 amide bonds. The molecule has 2 atom stereocenters. The summed E-state index contributed by atoms with van der Waals surface area (Å²) in [6, 6.07) is 5.79. The first-order chi connectivity index (χ1) is 11.9. The number of ether oxygens (including phenoxy) is 1. The summed E-state index contributed by atoms with van der Waals surface area (Å²) in [7, 11) is 0. The molecule has 2 fully saturated rings. The van der Waals surface area contributed by atoms with E-state index in [4.69, 9.17) is 16.3 Å². The van der Waals surface area contributed by atoms with Crippen molar-refractivity contribution in [3.05, 3.63) is 28.8 Å². The van der Waals surface area contributed by atoms with Crippen molar-refractivity contribution >= 4 is 17.5 Å². The van der Waals surface area contributed by atoms with Crippen LogP contribution in [0.2, 0.25) is 5.02 Å². The Hall–Kier alpha value is -1.30. The van der Waals surface area contributed by atoms with Gasteiger partial charge in [0, 0.05) is 45.6 Å². The van der Waals surface area contributed by atoms with Crippen molar-refractivity contribution in [3.8, 4) is 5.75 Å². The van der Waals surface area contributed by atoms with E-state index in [1.165, 1.54) is 0 Å². The summed E-state index contributed by atoms with van der Waals surface area (Å²) in [6.45, 7) is 7.91. The number of fused-ring (bicyclic) bond motifs is 1. The van der Waals surface area contributed by atoms with E-state index in [-0.39, 0.29) is 11.8 Å². The van der Waals surface area contributed by atoms with Crippen LogP contribution in [0, 0.1) is 12.8 Å². The number of hydrogen-bond acceptors (Lipinski definition) is 4. The van der Waals surface area contributed by atoms with E-state index in [1.807, 2.05) is 30.0 Å². The Morgan fingerprint density at radius 1 is 1.36 bits per heavy atom. The summed E-state index contributed by atoms with van der Waals surface area (Å²) in [6.07, 6.45) is 1.44. The number of rotatable bonds is 4. The van der Waals surface area contributed by atoms with E-state index in [0.29, 0.717) is 36.9 Å². The Bertz CT molecular complexity index is 639. The first-order valence-corrected chi connectivity index (χ1v) is 9.34. The van der Waals surface area contributed by atoms with Crippen LogP contribution in [0.1, 0.15) is 25.3 Å². The molecular weight excluding hydrogens is 340 g/mol. The number of hydrogen-bond donors (Lipinski definition) is 1. The van der Waals surface area contributed by atoms with Gasteiger partial charge in [-0.15, -0.1) is 0 Å². The monoisotopic (exact) mass is 366 g/mol. The number of nitrogens with zero attached hydrogens (tertiary/aromatic N) is 2. The number of benzene rings is 1. The normalized spacial score (nSPS) is 27.0. The molecule has 0 spiro atoms. The van der Waals surface area contributed by atoms with Crippen LogP contribution in [0.25, 0.3) is 0 Å². The van der Waals surface area contributed by atoms with E-state index in [1.54, 1.807) is 6.92 Å². The summed E-state index contributed by atoms with van der Waals surface area (Å²) in [5.41, 5.74) is 0.490. The van der Waals surface area contributed by atoms with Gasteiger partial charge in [0.2, 0.25) is 5.91 Å². The van der Waals surface area contributed by atoms with E-state index in [0.717, 1.165) is 31.6 Å². The lowest BCUT2D eigenvalue weighted by molar-refractivity contribution is -0.145. The molecule has 2 heterocycles. The van der Waals surface area contributed by atoms with Gasteiger partial charge in [-0.05, 0) is 37.5 Å². The number of carbonyl (C=O) groups excluding carboxylic acids is 1. The number of amides is 1. The lowest BCUT2D eigenvalue weighted by Gasteiger charge is -2.50. The summed E-state index contributed by atoms with van der Waals surface area (Å²) in [4.78, 5) is 15.8. The maximum absolute atomic E-state index is 11.6. The topological polar surface area (TPSA) is 53.0 Å². The van der Waals surface area contributed by atoms with Crippen LogP contribution in [0.3, 0.4) is 0 Å². The molecule has 0 aliphatic carbocycles. The fourth-order valence-corrected chi connectivity index (χ4v) is 4.16. The molecule has 5 nitrogen and oxygen atoms in total. The summed E-state index contributed by atoms with van der Waals surface area (Å²) in [5, 5.41) is 11.5. The van der Waals surface area contributed by atoms with Gasteiger partial charge in [0.15, 0.2) is 0 Å². The average Bonchev–Trinajstić information content (AvgIpc) is 2.56. The summed E-state index contributed by atoms with van der Waals surface area (Å²) in [5.74, 6) is 0.916. The van der Waals surface area contributed by atoms with Gasteiger partial charge < -0.3 is 14.7 Å². The molecule has 0 bridgehead atoms. The second kappa shape index (κ2) is 7.52. The predicted molar refractivity (Wildman–Crippen MR) is 98.1 cm³/mol. The van der Waals surface area contributed by atoms with Crippen LogP contribution in [-0.4, -0.2) is 65.7 Å². The lowest BCUT2D eigenvalue weighted by Crippen LogP contribution is -2.60. The van der Waals surface area contributed by atoms with Crippen molar-refractivity contribution in [3.63, 3.8) is 0 Å². The second-order valence-electron chi connectivity index (χ2n) is 7.35. The Morgan fingerprint density at radius 3 is 2.84 bits per heavy atom. The minimum absolute atomic E-state index is 0.0940. The smallest absolute Gasteiger partial charge is 0.219 e. The van der Waals surface area contributed by atoms with E-state index >= 15 is 0 Å². The molecule has 2 aliphatic rings. The molecule has 25 heavy (non-hydrogen) atoms. The highest BCUT2D eigenvalue weighted by molar-refractivity contribution is 6.32. The third kappa shape index (κ3) is 4.27. The van der Waals surface area contributed by atoms with Crippen LogP contribution < -0.4 is 4.74 Å². The van der Waals surface area contributed by atoms with Crippen molar-refractivity contribution in [2.45, 2.75) is 32.3 Å². The molecule has 0 radical (unpaired) electrons. The van der Waals surface area contributed by atoms with Crippen LogP contribution in [0.5, 0.6) is 5.75 Å². The zero-order valence-electron chi connectivity index (χ0n) is 15.0. The second-order valence-corrected chi connectivity index (χ2v) is 7.76. The van der Waals surface area contributed by atoms with Crippen molar-refractivity contribution in [1.82, 2.24) is 9.80 Å². The van der Waals surface area contributed by atoms with Gasteiger partial charge in [-0.2, -0.15) is 0 Å². The largest absolute Gasteiger partial charge is 0.491 e. The summed E-state index contributed by atoms with van der Waals surface area (Å²) < 4.78 is 5.81. The van der Waals surface area contributed by atoms with Crippen LogP contribution in [0.4, 0.5) is 0 Å². The van der Waals surface area contributed by atoms with Gasteiger partial charge in [-0.3, -0.25) is 9.69 Å². The Balaban J connectivity index is 1.52. The molecule has 2 aliphatic heterocycles. The highest BCUT2D eigenvalue weighted by atomic mass is 35.5. The molecule has 1 N–H and O–H groups in total. The minimum Gasteiger partial charge on any atom is -0.491 e. The maximum Gasteiger partial charge on any atom is 0.219 e. The van der Waals surface area contributed by atoms with Gasteiger partial charge in [0.1, 0.15) is 12.4 Å². The highest BCUT2D eigenvalue weighted by Gasteiger charge is 2.45. The van der Waals surface area contributed by atoms with Gasteiger partial charge in [0.05, 0.1) is 10.6 Å². The number of piperidine rings is 2. The van der Waals surface area contributed by atoms with Crippen molar-refractivity contribution < 1.29 is 14.6 Å². The molecule has 138 valence electrons. The molecule has 6 heteroatoms. The van der Waals surface area contributed by atoms with Gasteiger partial charge in [-0.25, -0.2) is 0 Å². The molecule has 1 aromatic carbocycles. The predicted octanol–water partition coefficient (Wildman–Crippen LogP) is 2.33. The Kier molecular flexibility index (Phi) is 5.56. The van der Waals surface area contributed by atoms with Crippen molar-refractivity contribution in [2.75, 3.05) is 39.3 Å². The zero-order chi connectivity index (χ0) is 18.0. The number of aryl methyl sites for hydroxylation is 1. The fraction of sp³-hybridized carbons (Fsp3) is 0.632. The van der Waals surface area contributed by atoms with Crippen LogP contribution >= 0.6 is 11.6 Å². The average molecular weight is 367 g/mol. The highest BCUT2D eigenvalue weighted by Crippen LogP contribution is 2.35. The van der Waals surface area contributed by atoms with E-state index in [9.17, 15) is 9.90 Å². The van der Waals surface area contributed by atoms with Crippen molar-refractivity contribution in [1.29, 1.82) is 0 Å². The minimum atomic E-state index is -0.621. The van der Waals surface area contributed by atoms with Crippen LogP contribution in [0.15, 0.2) is 18.2 Å². The van der Waals surface area contributed by atoms with E-state index < -0.39 is 5.60 Å². The molecule has 2 saturated heterocycles. The first-order valence-electron chi connectivity index (χ1n) is 8.96. The summed E-state index contributed by atoms with van der Waals surface area (Å²) >= 11 is 6.20. The van der Waals surface area contributed by atoms with Gasteiger partial charge in [0.25, 0.3) is 0 Å². The van der Waals surface area contributed by atoms with Gasteiger partial charge in [-0.1, -0.05) is 17.7 Å². The maximum atomic E-state index is 11.6. The lowest BCUT2D eigenvalue weighted by atomic mass is 9.75. The zero-order valence-corrected chi connectivity index (χ0v) is 15.8. The number of carbonyl (C=O) groups is 1. The molecule has 1 aromatic rings. The van der Waals surface area contributed by atoms with Crippen LogP contribution in [-0.2, 0) is 4.79 Å². The van der Waals surface area contributed by atoms with Gasteiger partial charge >= 0.3 is 0 Å². The third-order valence-corrected chi connectivity index (χ3v) is 5.85. The number of likely N-dealkylation sites (tertiary alicyclic amines) is 2. The molecule has 0 unspecified atom stereocenters. The van der Waals surface area contributed by atoms with Crippen molar-refractivity contribution in [2.24, 2.45) is 5.92 Å². The third-order valence-electron chi connectivity index (χ3n) is 5.55. The molecule has 0 aromatic heterocycles. The number of halogens is 1. The SMILES string of the molecule is CC(=O)N1CC[C@]2(O)CCN(CCOc3ccc(C)cc3Cl)C[C@@H]2C1. The number of aliphatic hydroxyl groups is 1. The molecular formula is C19H27ClN2O3. The standard InChI is InChI=1S/C19H27ClN2O3/c1-14-3-4-18(17(20)11-14)25-10-9-21-7-5-19(24)6-8-22(15(2)23)13-16(19)12-21/h3-4,11,16,24H,5-10,12-13H2,1-2H3/t16-,19-/m1/s1. The Morgan fingerprint density at radius 2 is 2.12 bits per heavy atom. The Labute approximate surface area is 154 Å². The molecule has 0 saturated carbocycles. The molecule has 3 rings (SSSR count). The fourth-order valence-electron chi connectivity index (χ4n) is 3.87. The van der Waals surface area contributed by atoms with E-state index in [2.05, 4.69) is 4.90 Å². The quantitative estimate of drug-likeness (QED) is 0.888.